The van der Waals surface area contributed by atoms with Gasteiger partial charge in [0.1, 0.15) is 18.3 Å². The third-order valence-corrected chi connectivity index (χ3v) is 1.87. The third kappa shape index (κ3) is 1.85. The molecular weight excluding hydrogens is 196 g/mol. The minimum absolute atomic E-state index is 0.218. The number of methoxy groups -OCH3 is 1. The molecule has 2 aromatic rings. The van der Waals surface area contributed by atoms with Crippen LogP contribution in [0.15, 0.2) is 35.4 Å². The van der Waals surface area contributed by atoms with E-state index in [-0.39, 0.29) is 11.5 Å². The Morgan fingerprint density at radius 3 is 3.00 bits per heavy atom. The first-order valence-electron chi connectivity index (χ1n) is 4.24. The molecule has 2 aromatic heterocycles. The predicted molar refractivity (Wildman–Crippen MR) is 50.7 cm³/mol. The van der Waals surface area contributed by atoms with Crippen LogP contribution in [-0.2, 0) is 0 Å². The van der Waals surface area contributed by atoms with E-state index in [1.54, 1.807) is 6.07 Å². The predicted octanol–water partition coefficient (Wildman–Crippen LogP) is 1.31. The highest BCUT2D eigenvalue weighted by molar-refractivity contribution is 6.07. The zero-order valence-corrected chi connectivity index (χ0v) is 8.01. The number of rotatable bonds is 3. The van der Waals surface area contributed by atoms with Crippen molar-refractivity contribution in [1.29, 1.82) is 0 Å². The Bertz CT molecular complexity index is 465. The molecule has 15 heavy (non-hydrogen) atoms. The van der Waals surface area contributed by atoms with Crippen LogP contribution in [0.5, 0.6) is 5.88 Å². The van der Waals surface area contributed by atoms with Crippen LogP contribution in [0.1, 0.15) is 16.1 Å². The maximum absolute atomic E-state index is 11.8. The van der Waals surface area contributed by atoms with E-state index in [0.29, 0.717) is 11.4 Å². The SMILES string of the molecule is COc1cc(C(=O)c2ccoc2)ncn1. The lowest BCUT2D eigenvalue weighted by Crippen LogP contribution is -2.03. The Kier molecular flexibility index (Phi) is 2.45. The van der Waals surface area contributed by atoms with Gasteiger partial charge in [0, 0.05) is 6.07 Å². The minimum atomic E-state index is -0.218. The summed E-state index contributed by atoms with van der Waals surface area (Å²) in [4.78, 5) is 19.4. The van der Waals surface area contributed by atoms with E-state index in [0.717, 1.165) is 0 Å². The van der Waals surface area contributed by atoms with Crippen molar-refractivity contribution in [3.05, 3.63) is 42.2 Å². The van der Waals surface area contributed by atoms with E-state index in [2.05, 4.69) is 9.97 Å². The van der Waals surface area contributed by atoms with Gasteiger partial charge in [0.15, 0.2) is 0 Å². The summed E-state index contributed by atoms with van der Waals surface area (Å²) in [7, 11) is 1.48. The highest BCUT2D eigenvalue weighted by Crippen LogP contribution is 2.11. The number of furan rings is 1. The fourth-order valence-electron chi connectivity index (χ4n) is 1.12. The van der Waals surface area contributed by atoms with Gasteiger partial charge in [-0.2, -0.15) is 0 Å². The maximum Gasteiger partial charge on any atom is 0.216 e. The van der Waals surface area contributed by atoms with Gasteiger partial charge in [-0.25, -0.2) is 9.97 Å². The molecule has 2 heterocycles. The average Bonchev–Trinajstić information content (AvgIpc) is 2.81. The second-order valence-corrected chi connectivity index (χ2v) is 2.79. The highest BCUT2D eigenvalue weighted by atomic mass is 16.5. The number of hydrogen-bond donors (Lipinski definition) is 0. The quantitative estimate of drug-likeness (QED) is 0.705. The number of carbonyl (C=O) groups is 1. The second kappa shape index (κ2) is 3.91. The summed E-state index contributed by atoms with van der Waals surface area (Å²) in [6.07, 6.45) is 4.09. The van der Waals surface area contributed by atoms with Crippen molar-refractivity contribution in [1.82, 2.24) is 9.97 Å². The summed E-state index contributed by atoms with van der Waals surface area (Å²) in [6.45, 7) is 0. The van der Waals surface area contributed by atoms with Crippen LogP contribution in [-0.4, -0.2) is 22.9 Å². The van der Waals surface area contributed by atoms with E-state index >= 15 is 0 Å². The maximum atomic E-state index is 11.8. The van der Waals surface area contributed by atoms with E-state index in [9.17, 15) is 4.79 Å². The van der Waals surface area contributed by atoms with Crippen LogP contribution >= 0.6 is 0 Å². The first-order chi connectivity index (χ1) is 7.31. The van der Waals surface area contributed by atoms with Gasteiger partial charge in [0.05, 0.1) is 18.9 Å². The number of hydrogen-bond acceptors (Lipinski definition) is 5. The smallest absolute Gasteiger partial charge is 0.216 e. The van der Waals surface area contributed by atoms with Gasteiger partial charge in [0.2, 0.25) is 11.7 Å². The van der Waals surface area contributed by atoms with E-state index in [4.69, 9.17) is 9.15 Å². The summed E-state index contributed by atoms with van der Waals surface area (Å²) in [5.41, 5.74) is 0.735. The summed E-state index contributed by atoms with van der Waals surface area (Å²) in [6, 6.07) is 3.06. The van der Waals surface area contributed by atoms with Gasteiger partial charge in [-0.3, -0.25) is 4.79 Å². The molecule has 0 saturated carbocycles. The monoisotopic (exact) mass is 204 g/mol. The molecule has 0 aliphatic heterocycles. The van der Waals surface area contributed by atoms with Crippen molar-refractivity contribution in [2.45, 2.75) is 0 Å². The Balaban J connectivity index is 2.34. The lowest BCUT2D eigenvalue weighted by Gasteiger charge is -1.99. The van der Waals surface area contributed by atoms with Crippen LogP contribution < -0.4 is 4.74 Å². The average molecular weight is 204 g/mol. The molecule has 0 unspecified atom stereocenters. The molecule has 76 valence electrons. The molecule has 0 aliphatic rings. The number of aromatic nitrogens is 2. The van der Waals surface area contributed by atoms with Crippen LogP contribution in [0.2, 0.25) is 0 Å². The number of carbonyl (C=O) groups excluding carboxylic acids is 1. The molecule has 0 aromatic carbocycles. The number of nitrogens with zero attached hydrogens (tertiary/aromatic N) is 2. The molecule has 0 atom stereocenters. The molecule has 0 N–H and O–H groups in total. The lowest BCUT2D eigenvalue weighted by atomic mass is 10.1. The molecule has 0 aliphatic carbocycles. The van der Waals surface area contributed by atoms with Gasteiger partial charge in [-0.15, -0.1) is 0 Å². The molecule has 2 rings (SSSR count). The van der Waals surface area contributed by atoms with Crippen LogP contribution in [0.4, 0.5) is 0 Å². The van der Waals surface area contributed by atoms with E-state index in [1.165, 1.54) is 32.0 Å². The topological polar surface area (TPSA) is 65.2 Å². The first-order valence-corrected chi connectivity index (χ1v) is 4.24. The van der Waals surface area contributed by atoms with Crippen LogP contribution in [0, 0.1) is 0 Å². The molecule has 5 heteroatoms. The third-order valence-electron chi connectivity index (χ3n) is 1.87. The Morgan fingerprint density at radius 1 is 1.47 bits per heavy atom. The van der Waals surface area contributed by atoms with E-state index < -0.39 is 0 Å². The summed E-state index contributed by atoms with van der Waals surface area (Å²) in [5.74, 6) is 0.140. The van der Waals surface area contributed by atoms with Gasteiger partial charge in [0.25, 0.3) is 0 Å². The van der Waals surface area contributed by atoms with Gasteiger partial charge >= 0.3 is 0 Å². The zero-order valence-electron chi connectivity index (χ0n) is 8.01. The van der Waals surface area contributed by atoms with Crippen molar-refractivity contribution in [3.8, 4) is 5.88 Å². The van der Waals surface area contributed by atoms with E-state index in [1.807, 2.05) is 0 Å². The Morgan fingerprint density at radius 2 is 2.33 bits per heavy atom. The Hall–Kier alpha value is -2.17. The largest absolute Gasteiger partial charge is 0.481 e. The number of ether oxygens (including phenoxy) is 1. The zero-order chi connectivity index (χ0) is 10.7. The molecule has 0 saturated heterocycles. The van der Waals surface area contributed by atoms with Gasteiger partial charge in [-0.1, -0.05) is 0 Å². The molecule has 0 amide bonds. The van der Waals surface area contributed by atoms with Gasteiger partial charge in [-0.05, 0) is 6.07 Å². The van der Waals surface area contributed by atoms with Crippen molar-refractivity contribution >= 4 is 5.78 Å². The summed E-state index contributed by atoms with van der Waals surface area (Å²) < 4.78 is 9.71. The summed E-state index contributed by atoms with van der Waals surface area (Å²) in [5, 5.41) is 0. The standard InChI is InChI=1S/C10H8N2O3/c1-14-9-4-8(11-6-12-9)10(13)7-2-3-15-5-7/h2-6H,1H3. The lowest BCUT2D eigenvalue weighted by molar-refractivity contribution is 0.103. The van der Waals surface area contributed by atoms with Crippen molar-refractivity contribution < 1.29 is 13.9 Å². The van der Waals surface area contributed by atoms with Crippen LogP contribution in [0.3, 0.4) is 0 Å². The van der Waals surface area contributed by atoms with Crippen LogP contribution in [0.25, 0.3) is 0 Å². The van der Waals surface area contributed by atoms with Crippen molar-refractivity contribution in [2.24, 2.45) is 0 Å². The summed E-state index contributed by atoms with van der Waals surface area (Å²) >= 11 is 0. The molecular formula is C10H8N2O3. The molecule has 0 fully saturated rings. The number of ketones is 1. The highest BCUT2D eigenvalue weighted by Gasteiger charge is 2.12. The Labute approximate surface area is 85.7 Å². The second-order valence-electron chi connectivity index (χ2n) is 2.79. The van der Waals surface area contributed by atoms with Crippen molar-refractivity contribution in [3.63, 3.8) is 0 Å². The van der Waals surface area contributed by atoms with Crippen molar-refractivity contribution in [2.75, 3.05) is 7.11 Å². The minimum Gasteiger partial charge on any atom is -0.481 e. The first kappa shape index (κ1) is 9.39. The molecule has 0 bridgehead atoms. The normalized spacial score (nSPS) is 9.93. The van der Waals surface area contributed by atoms with Gasteiger partial charge < -0.3 is 9.15 Å². The fourth-order valence-corrected chi connectivity index (χ4v) is 1.12. The molecule has 5 nitrogen and oxygen atoms in total. The molecule has 0 radical (unpaired) electrons. The fraction of sp³-hybridized carbons (Fsp3) is 0.100. The molecule has 0 spiro atoms.